The fourth-order valence-electron chi connectivity index (χ4n) is 1.57. The number of halogens is 2. The van der Waals surface area contributed by atoms with Gasteiger partial charge in [0.2, 0.25) is 0 Å². The summed E-state index contributed by atoms with van der Waals surface area (Å²) in [4.78, 5) is 1.30. The van der Waals surface area contributed by atoms with Crippen molar-refractivity contribution in [1.82, 2.24) is 0 Å². The zero-order valence-corrected chi connectivity index (χ0v) is 11.3. The molecule has 5 heteroatoms. The Morgan fingerprint density at radius 2 is 2.12 bits per heavy atom. The molecule has 0 fully saturated rings. The molecule has 0 radical (unpaired) electrons. The number of hydrogen-bond donors (Lipinski definition) is 1. The van der Waals surface area contributed by atoms with Crippen molar-refractivity contribution in [3.05, 3.63) is 38.9 Å². The molecule has 2 aromatic rings. The second kappa shape index (κ2) is 4.47. The molecule has 0 saturated heterocycles. The van der Waals surface area contributed by atoms with Crippen LogP contribution in [0.2, 0.25) is 0 Å². The van der Waals surface area contributed by atoms with Gasteiger partial charge in [-0.3, -0.25) is 0 Å². The zero-order chi connectivity index (χ0) is 12.6. The van der Waals surface area contributed by atoms with Crippen LogP contribution in [-0.2, 0) is 0 Å². The minimum absolute atomic E-state index is 0.320. The van der Waals surface area contributed by atoms with E-state index < -0.39 is 0 Å². The van der Waals surface area contributed by atoms with Crippen LogP contribution >= 0.6 is 27.3 Å². The van der Waals surface area contributed by atoms with Crippen molar-refractivity contribution >= 4 is 33.0 Å². The van der Waals surface area contributed by atoms with Crippen LogP contribution in [0.15, 0.2) is 22.7 Å². The molecule has 2 N–H and O–H groups in total. The molecular weight excluding hydrogens is 303 g/mol. The van der Waals surface area contributed by atoms with Gasteiger partial charge in [-0.1, -0.05) is 15.9 Å². The topological polar surface area (TPSA) is 49.8 Å². The Morgan fingerprint density at radius 1 is 1.41 bits per heavy atom. The standard InChI is InChI=1S/C12H8BrFN2S/c1-6-11(16)10(5-15)17-12(6)7-2-8(13)4-9(14)3-7/h2-4H,16H2,1H3. The lowest BCUT2D eigenvalue weighted by Gasteiger charge is -2.01. The fourth-order valence-corrected chi connectivity index (χ4v) is 3.05. The third kappa shape index (κ3) is 2.19. The van der Waals surface area contributed by atoms with Crippen LogP contribution in [-0.4, -0.2) is 0 Å². The van der Waals surface area contributed by atoms with Gasteiger partial charge in [0.05, 0.1) is 5.69 Å². The third-order valence-corrected chi connectivity index (χ3v) is 4.14. The van der Waals surface area contributed by atoms with E-state index in [2.05, 4.69) is 15.9 Å². The van der Waals surface area contributed by atoms with Crippen molar-refractivity contribution in [2.45, 2.75) is 6.92 Å². The normalized spacial score (nSPS) is 10.2. The van der Waals surface area contributed by atoms with E-state index in [0.717, 1.165) is 16.0 Å². The number of nitrogens with zero attached hydrogens (tertiary/aromatic N) is 1. The van der Waals surface area contributed by atoms with E-state index in [1.54, 1.807) is 0 Å². The van der Waals surface area contributed by atoms with Crippen molar-refractivity contribution in [3.63, 3.8) is 0 Å². The van der Waals surface area contributed by atoms with E-state index >= 15 is 0 Å². The summed E-state index contributed by atoms with van der Waals surface area (Å²) < 4.78 is 14.0. The molecule has 86 valence electrons. The fraction of sp³-hybridized carbons (Fsp3) is 0.0833. The predicted octanol–water partition coefficient (Wildman–Crippen LogP) is 4.08. The molecule has 0 amide bonds. The van der Waals surface area contributed by atoms with Gasteiger partial charge in [0.25, 0.3) is 0 Å². The van der Waals surface area contributed by atoms with Crippen molar-refractivity contribution in [2.75, 3.05) is 5.73 Å². The lowest BCUT2D eigenvalue weighted by Crippen LogP contribution is -1.87. The molecule has 17 heavy (non-hydrogen) atoms. The van der Waals surface area contributed by atoms with Gasteiger partial charge in [0.15, 0.2) is 0 Å². The molecule has 1 aromatic heterocycles. The Bertz CT molecular complexity index is 608. The maximum absolute atomic E-state index is 13.3. The lowest BCUT2D eigenvalue weighted by molar-refractivity contribution is 0.627. The summed E-state index contributed by atoms with van der Waals surface area (Å²) in [6, 6.07) is 6.68. The maximum atomic E-state index is 13.3. The molecule has 1 heterocycles. The molecule has 0 atom stereocenters. The molecule has 0 saturated carbocycles. The summed E-state index contributed by atoms with van der Waals surface area (Å²) >= 11 is 4.53. The number of rotatable bonds is 1. The van der Waals surface area contributed by atoms with Crippen molar-refractivity contribution in [3.8, 4) is 16.5 Å². The summed E-state index contributed by atoms with van der Waals surface area (Å²) in [5, 5.41) is 8.91. The molecule has 0 bridgehead atoms. The summed E-state index contributed by atoms with van der Waals surface area (Å²) in [5.74, 6) is -0.320. The average Bonchev–Trinajstić information content (AvgIpc) is 2.54. The molecule has 0 aliphatic heterocycles. The van der Waals surface area contributed by atoms with Gasteiger partial charge in [-0.15, -0.1) is 11.3 Å². The van der Waals surface area contributed by atoms with Crippen LogP contribution in [0.5, 0.6) is 0 Å². The molecule has 2 rings (SSSR count). The number of anilines is 1. The molecule has 1 aromatic carbocycles. The first-order valence-corrected chi connectivity index (χ1v) is 6.39. The van der Waals surface area contributed by atoms with E-state index in [4.69, 9.17) is 11.0 Å². The van der Waals surface area contributed by atoms with Gasteiger partial charge < -0.3 is 5.73 Å². The largest absolute Gasteiger partial charge is 0.397 e. The van der Waals surface area contributed by atoms with Crippen LogP contribution in [0.1, 0.15) is 10.4 Å². The minimum Gasteiger partial charge on any atom is -0.397 e. The highest BCUT2D eigenvalue weighted by Crippen LogP contribution is 2.38. The zero-order valence-electron chi connectivity index (χ0n) is 8.92. The number of nitrogen functional groups attached to an aromatic ring is 1. The van der Waals surface area contributed by atoms with E-state index in [1.165, 1.54) is 23.5 Å². The molecule has 0 aliphatic carbocycles. The second-order valence-electron chi connectivity index (χ2n) is 3.57. The van der Waals surface area contributed by atoms with E-state index in [-0.39, 0.29) is 5.82 Å². The number of benzene rings is 1. The summed E-state index contributed by atoms with van der Waals surface area (Å²) in [7, 11) is 0. The third-order valence-electron chi connectivity index (χ3n) is 2.42. The first kappa shape index (κ1) is 12.1. The first-order valence-electron chi connectivity index (χ1n) is 4.78. The monoisotopic (exact) mass is 310 g/mol. The van der Waals surface area contributed by atoms with Gasteiger partial charge in [-0.2, -0.15) is 5.26 Å². The van der Waals surface area contributed by atoms with Crippen LogP contribution in [0, 0.1) is 24.1 Å². The van der Waals surface area contributed by atoms with Crippen molar-refractivity contribution in [1.29, 1.82) is 5.26 Å². The van der Waals surface area contributed by atoms with Crippen LogP contribution < -0.4 is 5.73 Å². The van der Waals surface area contributed by atoms with E-state index in [9.17, 15) is 4.39 Å². The number of nitrogens with two attached hydrogens (primary N) is 1. The Balaban J connectivity index is 2.65. The molecule has 2 nitrogen and oxygen atoms in total. The van der Waals surface area contributed by atoms with Crippen LogP contribution in [0.25, 0.3) is 10.4 Å². The van der Waals surface area contributed by atoms with Gasteiger partial charge in [-0.25, -0.2) is 4.39 Å². The molecule has 0 spiro atoms. The summed E-state index contributed by atoms with van der Waals surface area (Å²) in [5.41, 5.74) is 7.84. The molecule has 0 aliphatic rings. The average molecular weight is 311 g/mol. The van der Waals surface area contributed by atoms with Gasteiger partial charge in [0, 0.05) is 9.35 Å². The molecular formula is C12H8BrFN2S. The Kier molecular flexibility index (Phi) is 3.18. The highest BCUT2D eigenvalue weighted by Gasteiger charge is 2.14. The van der Waals surface area contributed by atoms with Gasteiger partial charge in [-0.05, 0) is 36.2 Å². The van der Waals surface area contributed by atoms with Crippen molar-refractivity contribution < 1.29 is 4.39 Å². The van der Waals surface area contributed by atoms with Gasteiger partial charge in [0.1, 0.15) is 16.8 Å². The SMILES string of the molecule is Cc1c(-c2cc(F)cc(Br)c2)sc(C#N)c1N. The first-order chi connectivity index (χ1) is 8.02. The maximum Gasteiger partial charge on any atom is 0.128 e. The number of nitriles is 1. The second-order valence-corrected chi connectivity index (χ2v) is 5.51. The van der Waals surface area contributed by atoms with Gasteiger partial charge >= 0.3 is 0 Å². The van der Waals surface area contributed by atoms with Crippen LogP contribution in [0.3, 0.4) is 0 Å². The van der Waals surface area contributed by atoms with E-state index in [1.807, 2.05) is 19.1 Å². The van der Waals surface area contributed by atoms with Crippen molar-refractivity contribution in [2.24, 2.45) is 0 Å². The van der Waals surface area contributed by atoms with E-state index in [0.29, 0.717) is 15.0 Å². The Labute approximate surface area is 111 Å². The highest BCUT2D eigenvalue weighted by molar-refractivity contribution is 9.10. The predicted molar refractivity (Wildman–Crippen MR) is 71.3 cm³/mol. The minimum atomic E-state index is -0.320. The highest BCUT2D eigenvalue weighted by atomic mass is 79.9. The smallest absolute Gasteiger partial charge is 0.128 e. The lowest BCUT2D eigenvalue weighted by atomic mass is 10.1. The molecule has 0 unspecified atom stereocenters. The Hall–Kier alpha value is -1.38. The van der Waals surface area contributed by atoms with Crippen LogP contribution in [0.4, 0.5) is 10.1 Å². The quantitative estimate of drug-likeness (QED) is 0.862. The Morgan fingerprint density at radius 3 is 2.65 bits per heavy atom. The summed E-state index contributed by atoms with van der Waals surface area (Å²) in [6.07, 6.45) is 0. The number of thiophene rings is 1. The summed E-state index contributed by atoms with van der Waals surface area (Å²) in [6.45, 7) is 1.83. The number of hydrogen-bond acceptors (Lipinski definition) is 3.